The van der Waals surface area contributed by atoms with Crippen molar-refractivity contribution in [1.82, 2.24) is 10.6 Å². The van der Waals surface area contributed by atoms with Crippen LogP contribution in [0.4, 0.5) is 5.69 Å². The van der Waals surface area contributed by atoms with Crippen molar-refractivity contribution >= 4 is 39.3 Å². The second kappa shape index (κ2) is 9.54. The Morgan fingerprint density at radius 2 is 1.75 bits per heavy atom. The summed E-state index contributed by atoms with van der Waals surface area (Å²) >= 11 is 3.15. The minimum Gasteiger partial charge on any atom is -0.444 e. The molecule has 0 bridgehead atoms. The van der Waals surface area contributed by atoms with Crippen molar-refractivity contribution in [2.75, 3.05) is 18.4 Å². The second-order valence-electron chi connectivity index (χ2n) is 6.67. The van der Waals surface area contributed by atoms with Gasteiger partial charge < -0.3 is 20.4 Å². The number of nitrogens with one attached hydrogen (secondary N) is 3. The van der Waals surface area contributed by atoms with Crippen molar-refractivity contribution in [3.8, 4) is 0 Å². The van der Waals surface area contributed by atoms with Crippen LogP contribution in [0.25, 0.3) is 0 Å². The average molecular weight is 448 g/mol. The standard InChI is InChI=1S/C20H22BrN3O4/c21-17-9-8-16(28-17)20(27)24-15-7-3-6-14(12-15)19(26)23-11-10-22-18(25)13-4-1-2-5-13/h3,6-9,12-13H,1-2,4-5,10-11H2,(H,22,25)(H,23,26)(H,24,27). The first kappa shape index (κ1) is 20.1. The van der Waals surface area contributed by atoms with Crippen LogP contribution in [-0.2, 0) is 4.79 Å². The van der Waals surface area contributed by atoms with Gasteiger partial charge in [-0.2, -0.15) is 0 Å². The summed E-state index contributed by atoms with van der Waals surface area (Å²) in [5.41, 5.74) is 0.903. The van der Waals surface area contributed by atoms with Gasteiger partial charge in [0.1, 0.15) is 0 Å². The van der Waals surface area contributed by atoms with Crippen LogP contribution < -0.4 is 16.0 Å². The molecule has 0 aliphatic heterocycles. The maximum Gasteiger partial charge on any atom is 0.291 e. The van der Waals surface area contributed by atoms with E-state index in [9.17, 15) is 14.4 Å². The van der Waals surface area contributed by atoms with E-state index in [1.54, 1.807) is 36.4 Å². The van der Waals surface area contributed by atoms with Gasteiger partial charge in [-0.3, -0.25) is 14.4 Å². The average Bonchev–Trinajstić information content (AvgIpc) is 3.37. The lowest BCUT2D eigenvalue weighted by Gasteiger charge is -2.11. The predicted octanol–water partition coefficient (Wildman–Crippen LogP) is 3.33. The normalized spacial score (nSPS) is 13.9. The van der Waals surface area contributed by atoms with Gasteiger partial charge in [-0.05, 0) is 59.1 Å². The quantitative estimate of drug-likeness (QED) is 0.566. The third-order valence-electron chi connectivity index (χ3n) is 4.62. The molecule has 7 nitrogen and oxygen atoms in total. The van der Waals surface area contributed by atoms with Crippen molar-refractivity contribution in [1.29, 1.82) is 0 Å². The number of carbonyl (C=O) groups is 3. The highest BCUT2D eigenvalue weighted by Crippen LogP contribution is 2.24. The smallest absolute Gasteiger partial charge is 0.291 e. The Balaban J connectivity index is 1.46. The molecular weight excluding hydrogens is 426 g/mol. The van der Waals surface area contributed by atoms with Crippen LogP contribution >= 0.6 is 15.9 Å². The molecule has 2 aromatic rings. The molecule has 0 unspecified atom stereocenters. The fraction of sp³-hybridized carbons (Fsp3) is 0.350. The maximum absolute atomic E-state index is 12.3. The Bertz CT molecular complexity index is 859. The summed E-state index contributed by atoms with van der Waals surface area (Å²) in [4.78, 5) is 36.4. The number of hydrogen-bond acceptors (Lipinski definition) is 4. The van der Waals surface area contributed by atoms with Gasteiger partial charge in [-0.25, -0.2) is 0 Å². The topological polar surface area (TPSA) is 100 Å². The van der Waals surface area contributed by atoms with Gasteiger partial charge in [0.15, 0.2) is 10.4 Å². The van der Waals surface area contributed by atoms with Crippen molar-refractivity contribution in [3.63, 3.8) is 0 Å². The maximum atomic E-state index is 12.3. The summed E-state index contributed by atoms with van der Waals surface area (Å²) in [5.74, 6) is -0.323. The Kier molecular flexibility index (Phi) is 6.86. The van der Waals surface area contributed by atoms with Gasteiger partial charge in [0.2, 0.25) is 5.91 Å². The number of rotatable bonds is 7. The van der Waals surface area contributed by atoms with Crippen molar-refractivity contribution in [2.24, 2.45) is 5.92 Å². The lowest BCUT2D eigenvalue weighted by Crippen LogP contribution is -2.37. The van der Waals surface area contributed by atoms with Crippen LogP contribution in [0.5, 0.6) is 0 Å². The van der Waals surface area contributed by atoms with Crippen molar-refractivity contribution < 1.29 is 18.8 Å². The Hall–Kier alpha value is -2.61. The molecule has 3 N–H and O–H groups in total. The molecule has 1 aromatic heterocycles. The van der Waals surface area contributed by atoms with Gasteiger partial charge in [0.25, 0.3) is 11.8 Å². The van der Waals surface area contributed by atoms with Crippen molar-refractivity contribution in [3.05, 3.63) is 52.4 Å². The van der Waals surface area contributed by atoms with E-state index in [2.05, 4.69) is 31.9 Å². The third-order valence-corrected chi connectivity index (χ3v) is 5.04. The summed E-state index contributed by atoms with van der Waals surface area (Å²) in [6, 6.07) is 9.80. The zero-order valence-corrected chi connectivity index (χ0v) is 16.9. The van der Waals surface area contributed by atoms with E-state index >= 15 is 0 Å². The molecule has 1 saturated carbocycles. The van der Waals surface area contributed by atoms with Crippen LogP contribution in [0.15, 0.2) is 45.5 Å². The fourth-order valence-corrected chi connectivity index (χ4v) is 3.47. The van der Waals surface area contributed by atoms with E-state index in [0.29, 0.717) is 29.0 Å². The molecule has 0 radical (unpaired) electrons. The minimum absolute atomic E-state index is 0.0704. The lowest BCUT2D eigenvalue weighted by atomic mass is 10.1. The van der Waals surface area contributed by atoms with Gasteiger partial charge >= 0.3 is 0 Å². The highest BCUT2D eigenvalue weighted by atomic mass is 79.9. The third kappa shape index (κ3) is 5.45. The zero-order valence-electron chi connectivity index (χ0n) is 15.3. The van der Waals surface area contributed by atoms with Gasteiger partial charge in [0, 0.05) is 30.3 Å². The number of furan rings is 1. The molecule has 8 heteroatoms. The molecule has 3 amide bonds. The van der Waals surface area contributed by atoms with Gasteiger partial charge in [-0.1, -0.05) is 18.9 Å². The van der Waals surface area contributed by atoms with E-state index < -0.39 is 5.91 Å². The van der Waals surface area contributed by atoms with Crippen LogP contribution in [0.2, 0.25) is 0 Å². The second-order valence-corrected chi connectivity index (χ2v) is 7.45. The minimum atomic E-state index is -0.405. The number of carbonyl (C=O) groups excluding carboxylic acids is 3. The van der Waals surface area contributed by atoms with Crippen LogP contribution in [0.1, 0.15) is 46.6 Å². The molecule has 1 fully saturated rings. The zero-order chi connectivity index (χ0) is 19.9. The molecule has 0 saturated heterocycles. The molecule has 0 spiro atoms. The highest BCUT2D eigenvalue weighted by Gasteiger charge is 2.22. The molecular formula is C20H22BrN3O4. The van der Waals surface area contributed by atoms with Crippen LogP contribution in [-0.4, -0.2) is 30.8 Å². The molecule has 1 aliphatic rings. The van der Waals surface area contributed by atoms with Crippen LogP contribution in [0, 0.1) is 5.92 Å². The first-order valence-electron chi connectivity index (χ1n) is 9.25. The lowest BCUT2D eigenvalue weighted by molar-refractivity contribution is -0.124. The summed E-state index contributed by atoms with van der Waals surface area (Å²) < 4.78 is 5.67. The van der Waals surface area contributed by atoms with E-state index in [4.69, 9.17) is 4.42 Å². The Labute approximate surface area is 171 Å². The van der Waals surface area contributed by atoms with E-state index in [0.717, 1.165) is 25.7 Å². The molecule has 28 heavy (non-hydrogen) atoms. The summed E-state index contributed by atoms with van der Waals surface area (Å²) in [5, 5.41) is 8.32. The molecule has 1 aromatic carbocycles. The number of anilines is 1. The Morgan fingerprint density at radius 1 is 1.00 bits per heavy atom. The monoisotopic (exact) mass is 447 g/mol. The van der Waals surface area contributed by atoms with E-state index in [-0.39, 0.29) is 23.5 Å². The summed E-state index contributed by atoms with van der Waals surface area (Å²) in [6.07, 6.45) is 4.12. The van der Waals surface area contributed by atoms with Gasteiger partial charge in [0.05, 0.1) is 0 Å². The summed E-state index contributed by atoms with van der Waals surface area (Å²) in [7, 11) is 0. The number of hydrogen-bond donors (Lipinski definition) is 3. The van der Waals surface area contributed by atoms with E-state index in [1.807, 2.05) is 0 Å². The molecule has 0 atom stereocenters. The predicted molar refractivity (Wildman–Crippen MR) is 108 cm³/mol. The number of amides is 3. The molecule has 1 heterocycles. The summed E-state index contributed by atoms with van der Waals surface area (Å²) in [6.45, 7) is 0.735. The van der Waals surface area contributed by atoms with Crippen LogP contribution in [0.3, 0.4) is 0 Å². The highest BCUT2D eigenvalue weighted by molar-refractivity contribution is 9.10. The number of benzene rings is 1. The van der Waals surface area contributed by atoms with Crippen molar-refractivity contribution in [2.45, 2.75) is 25.7 Å². The SMILES string of the molecule is O=C(NCCNC(=O)C1CCCC1)c1cccc(NC(=O)c2ccc(Br)o2)c1. The first-order valence-corrected chi connectivity index (χ1v) is 10.0. The Morgan fingerprint density at radius 3 is 2.46 bits per heavy atom. The number of halogens is 1. The fourth-order valence-electron chi connectivity index (χ4n) is 3.16. The van der Waals surface area contributed by atoms with E-state index in [1.165, 1.54) is 0 Å². The molecule has 148 valence electrons. The molecule has 3 rings (SSSR count). The first-order chi connectivity index (χ1) is 13.5. The molecule has 1 aliphatic carbocycles. The van der Waals surface area contributed by atoms with Gasteiger partial charge in [-0.15, -0.1) is 0 Å². The largest absolute Gasteiger partial charge is 0.444 e.